The minimum Gasteiger partial charge on any atom is -0.342 e. The third kappa shape index (κ3) is 3.12. The molecule has 0 radical (unpaired) electrons. The van der Waals surface area contributed by atoms with Gasteiger partial charge in [0.05, 0.1) is 5.75 Å². The van der Waals surface area contributed by atoms with E-state index >= 15 is 0 Å². The van der Waals surface area contributed by atoms with Gasteiger partial charge in [-0.3, -0.25) is 4.79 Å². The Morgan fingerprint density at radius 1 is 1.45 bits per heavy atom. The van der Waals surface area contributed by atoms with Crippen LogP contribution in [-0.4, -0.2) is 44.5 Å². The molecule has 1 saturated carbocycles. The van der Waals surface area contributed by atoms with Crippen LogP contribution in [-0.2, 0) is 4.79 Å². The third-order valence-corrected chi connectivity index (χ3v) is 5.21. The Balaban J connectivity index is 1.71. The predicted octanol–water partition coefficient (Wildman–Crippen LogP) is 2.13. The van der Waals surface area contributed by atoms with Gasteiger partial charge in [0.25, 0.3) is 0 Å². The van der Waals surface area contributed by atoms with Gasteiger partial charge in [0.2, 0.25) is 11.1 Å². The molecule has 1 heterocycles. The van der Waals surface area contributed by atoms with Gasteiger partial charge in [0, 0.05) is 23.1 Å². The van der Waals surface area contributed by atoms with E-state index in [4.69, 9.17) is 5.84 Å². The maximum absolute atomic E-state index is 12.0. The van der Waals surface area contributed by atoms with E-state index in [1.807, 2.05) is 31.3 Å². The van der Waals surface area contributed by atoms with Crippen molar-refractivity contribution in [2.75, 3.05) is 18.6 Å². The number of rotatable bonds is 5. The van der Waals surface area contributed by atoms with Crippen molar-refractivity contribution < 1.29 is 4.79 Å². The lowest BCUT2D eigenvalue weighted by Gasteiger charge is -2.15. The van der Waals surface area contributed by atoms with E-state index in [-0.39, 0.29) is 5.91 Å². The van der Waals surface area contributed by atoms with Crippen LogP contribution in [0.4, 0.5) is 0 Å². The number of amides is 1. The zero-order chi connectivity index (χ0) is 15.7. The quantitative estimate of drug-likeness (QED) is 0.633. The summed E-state index contributed by atoms with van der Waals surface area (Å²) in [6, 6.07) is 8.09. The van der Waals surface area contributed by atoms with Crippen LogP contribution in [0.3, 0.4) is 0 Å². The first-order chi connectivity index (χ1) is 10.6. The Bertz CT molecular complexity index is 700. The fourth-order valence-electron chi connectivity index (χ4n) is 2.10. The van der Waals surface area contributed by atoms with Gasteiger partial charge in [-0.2, -0.15) is 0 Å². The summed E-state index contributed by atoms with van der Waals surface area (Å²) in [6.45, 7) is 0. The largest absolute Gasteiger partial charge is 0.342 e. The lowest BCUT2D eigenvalue weighted by atomic mass is 10.2. The summed E-state index contributed by atoms with van der Waals surface area (Å²) in [5.41, 5.74) is 0.866. The van der Waals surface area contributed by atoms with Gasteiger partial charge in [-0.25, -0.2) is 4.68 Å². The van der Waals surface area contributed by atoms with Crippen molar-refractivity contribution in [2.45, 2.75) is 24.0 Å². The molecule has 1 aromatic carbocycles. The number of hydrogen-bond donors (Lipinski definition) is 1. The van der Waals surface area contributed by atoms with Crippen LogP contribution in [0.2, 0.25) is 0 Å². The Hall–Kier alpha value is -1.54. The van der Waals surface area contributed by atoms with Gasteiger partial charge in [-0.05, 0) is 25.0 Å². The highest BCUT2D eigenvalue weighted by Crippen LogP contribution is 2.29. The molecule has 3 rings (SSSR count). The summed E-state index contributed by atoms with van der Waals surface area (Å²) in [6.07, 6.45) is 2.21. The van der Waals surface area contributed by atoms with Crippen LogP contribution < -0.4 is 5.84 Å². The maximum Gasteiger partial charge on any atom is 0.233 e. The molecule has 1 amide bonds. The molecule has 0 aliphatic heterocycles. The minimum absolute atomic E-state index is 0.0953. The number of nitrogens with two attached hydrogens (primary N) is 1. The monoisotopic (exact) mass is 381 g/mol. The predicted molar refractivity (Wildman–Crippen MR) is 89.8 cm³/mol. The van der Waals surface area contributed by atoms with E-state index in [2.05, 4.69) is 26.1 Å². The maximum atomic E-state index is 12.0. The molecule has 2 aromatic rings. The lowest BCUT2D eigenvalue weighted by Crippen LogP contribution is -2.30. The van der Waals surface area contributed by atoms with E-state index in [9.17, 15) is 4.79 Å². The summed E-state index contributed by atoms with van der Waals surface area (Å²) in [7, 11) is 1.85. The zero-order valence-corrected chi connectivity index (χ0v) is 14.5. The molecular formula is C14H16BrN5OS. The van der Waals surface area contributed by atoms with Gasteiger partial charge >= 0.3 is 0 Å². The van der Waals surface area contributed by atoms with Crippen LogP contribution in [0.1, 0.15) is 12.8 Å². The smallest absolute Gasteiger partial charge is 0.233 e. The number of nitrogens with zero attached hydrogens (tertiary/aromatic N) is 4. The number of nitrogen functional groups attached to an aromatic ring is 1. The molecule has 0 unspecified atom stereocenters. The summed E-state index contributed by atoms with van der Waals surface area (Å²) in [5.74, 6) is 7.04. The Labute approximate surface area is 141 Å². The number of carbonyl (C=O) groups excluding carboxylic acids is 1. The van der Waals surface area contributed by atoms with Crippen LogP contribution in [0.15, 0.2) is 33.9 Å². The van der Waals surface area contributed by atoms with E-state index in [1.165, 1.54) is 16.4 Å². The van der Waals surface area contributed by atoms with Gasteiger partial charge < -0.3 is 10.7 Å². The van der Waals surface area contributed by atoms with Crippen molar-refractivity contribution >= 4 is 33.6 Å². The molecule has 6 nitrogen and oxygen atoms in total. The van der Waals surface area contributed by atoms with Crippen LogP contribution in [0, 0.1) is 0 Å². The first-order valence-corrected chi connectivity index (χ1v) is 8.69. The number of halogens is 1. The number of benzene rings is 1. The molecule has 0 bridgehead atoms. The second kappa shape index (κ2) is 6.29. The standard InChI is InChI=1S/C14H16BrN5OS/c1-19(9-6-7-9)12(21)8-22-14-18-17-13(20(14)16)10-4-2-3-5-11(10)15/h2-5,9H,6-8,16H2,1H3. The number of thioether (sulfide) groups is 1. The van der Waals surface area contributed by atoms with Gasteiger partial charge in [-0.15, -0.1) is 10.2 Å². The average molecular weight is 382 g/mol. The second-order valence-electron chi connectivity index (χ2n) is 5.18. The number of hydrogen-bond acceptors (Lipinski definition) is 5. The first kappa shape index (κ1) is 15.4. The average Bonchev–Trinajstić information content (AvgIpc) is 3.30. The zero-order valence-electron chi connectivity index (χ0n) is 12.1. The van der Waals surface area contributed by atoms with Crippen molar-refractivity contribution in [3.63, 3.8) is 0 Å². The van der Waals surface area contributed by atoms with Crippen LogP contribution in [0.25, 0.3) is 11.4 Å². The Morgan fingerprint density at radius 2 is 2.18 bits per heavy atom. The summed E-state index contributed by atoms with van der Waals surface area (Å²) in [4.78, 5) is 13.8. The first-order valence-electron chi connectivity index (χ1n) is 6.91. The van der Waals surface area contributed by atoms with Gasteiger partial charge in [0.15, 0.2) is 5.82 Å². The molecule has 0 atom stereocenters. The molecule has 1 aliphatic carbocycles. The molecule has 1 aromatic heterocycles. The highest BCUT2D eigenvalue weighted by atomic mass is 79.9. The SMILES string of the molecule is CN(C(=O)CSc1nnc(-c2ccccc2Br)n1N)C1CC1. The fourth-order valence-corrected chi connectivity index (χ4v) is 3.34. The Morgan fingerprint density at radius 3 is 2.86 bits per heavy atom. The molecule has 116 valence electrons. The van der Waals surface area contributed by atoms with E-state index in [0.29, 0.717) is 22.8 Å². The molecule has 1 fully saturated rings. The molecule has 0 spiro atoms. The van der Waals surface area contributed by atoms with Gasteiger partial charge in [-0.1, -0.05) is 39.8 Å². The number of aromatic nitrogens is 3. The van der Waals surface area contributed by atoms with Crippen molar-refractivity contribution in [3.05, 3.63) is 28.7 Å². The normalized spacial score (nSPS) is 14.1. The molecule has 8 heteroatoms. The third-order valence-electron chi connectivity index (χ3n) is 3.59. The highest BCUT2D eigenvalue weighted by Gasteiger charge is 2.29. The van der Waals surface area contributed by atoms with Crippen molar-refractivity contribution in [2.24, 2.45) is 0 Å². The van der Waals surface area contributed by atoms with E-state index < -0.39 is 0 Å². The summed E-state index contributed by atoms with van der Waals surface area (Å²) < 4.78 is 2.32. The molecule has 2 N–H and O–H groups in total. The Kier molecular flexibility index (Phi) is 4.39. The van der Waals surface area contributed by atoms with Crippen molar-refractivity contribution in [3.8, 4) is 11.4 Å². The molecule has 22 heavy (non-hydrogen) atoms. The molecular weight excluding hydrogens is 366 g/mol. The lowest BCUT2D eigenvalue weighted by molar-refractivity contribution is -0.127. The number of carbonyl (C=O) groups is 1. The second-order valence-corrected chi connectivity index (χ2v) is 6.98. The van der Waals surface area contributed by atoms with Gasteiger partial charge in [0.1, 0.15) is 0 Å². The van der Waals surface area contributed by atoms with Crippen LogP contribution >= 0.6 is 27.7 Å². The summed E-state index contributed by atoms with van der Waals surface area (Å²) in [5, 5.41) is 8.74. The minimum atomic E-state index is 0.0953. The highest BCUT2D eigenvalue weighted by molar-refractivity contribution is 9.10. The molecule has 0 saturated heterocycles. The van der Waals surface area contributed by atoms with E-state index in [0.717, 1.165) is 22.9 Å². The summed E-state index contributed by atoms with van der Waals surface area (Å²) >= 11 is 4.78. The molecule has 1 aliphatic rings. The fraction of sp³-hybridized carbons (Fsp3) is 0.357. The van der Waals surface area contributed by atoms with Crippen LogP contribution in [0.5, 0.6) is 0 Å². The van der Waals surface area contributed by atoms with Crippen molar-refractivity contribution in [1.29, 1.82) is 0 Å². The van der Waals surface area contributed by atoms with E-state index in [1.54, 1.807) is 4.90 Å². The van der Waals surface area contributed by atoms with Crippen molar-refractivity contribution in [1.82, 2.24) is 19.8 Å². The topological polar surface area (TPSA) is 77.0 Å².